The highest BCUT2D eigenvalue weighted by Gasteiger charge is 2.56. The number of carbonyl (C=O) groups is 4. The molecule has 1 aliphatic heterocycles. The quantitative estimate of drug-likeness (QED) is 0.0798. The molecule has 1 aromatic carbocycles. The number of benzene rings is 1. The van der Waals surface area contributed by atoms with E-state index in [-0.39, 0.29) is 18.5 Å². The van der Waals surface area contributed by atoms with Crippen LogP contribution in [0.2, 0.25) is 0 Å². The molecule has 15 nitrogen and oxygen atoms in total. The van der Waals surface area contributed by atoms with E-state index < -0.39 is 73.6 Å². The van der Waals surface area contributed by atoms with Crippen molar-refractivity contribution < 1.29 is 42.2 Å². The Hall–Kier alpha value is -4.70. The first-order valence-electron chi connectivity index (χ1n) is 22.0. The minimum absolute atomic E-state index is 0.0426. The molecule has 16 heteroatoms. The summed E-state index contributed by atoms with van der Waals surface area (Å²) in [6, 6.07) is 5.17. The van der Waals surface area contributed by atoms with Crippen molar-refractivity contribution in [3.63, 3.8) is 0 Å². The number of nitrogens with zero attached hydrogens (tertiary/aromatic N) is 2. The van der Waals surface area contributed by atoms with Gasteiger partial charge in [0.25, 0.3) is 5.91 Å². The molecule has 62 heavy (non-hydrogen) atoms. The molecule has 0 radical (unpaired) electrons. The number of aromatic nitrogens is 1. The highest BCUT2D eigenvalue weighted by atomic mass is 32.2. The van der Waals surface area contributed by atoms with E-state index in [1.807, 2.05) is 24.3 Å². The van der Waals surface area contributed by atoms with Crippen molar-refractivity contribution in [2.45, 2.75) is 147 Å². The zero-order valence-electron chi connectivity index (χ0n) is 37.3. The molecule has 3 unspecified atom stereocenters. The molecule has 1 aromatic heterocycles. The summed E-state index contributed by atoms with van der Waals surface area (Å²) in [5.41, 5.74) is -1.40. The molecule has 3 aliphatic carbocycles. The molecule has 1 saturated heterocycles. The van der Waals surface area contributed by atoms with Crippen LogP contribution >= 0.6 is 0 Å². The summed E-state index contributed by atoms with van der Waals surface area (Å²) in [5, 5.41) is 19.3. The minimum Gasteiger partial charge on any atom is -0.491 e. The molecule has 5 atom stereocenters. The first-order chi connectivity index (χ1) is 29.1. The summed E-state index contributed by atoms with van der Waals surface area (Å²) in [4.78, 5) is 61.4. The molecule has 2 aromatic rings. The van der Waals surface area contributed by atoms with Crippen molar-refractivity contribution in [3.8, 4) is 11.6 Å². The third kappa shape index (κ3) is 10.7. The van der Waals surface area contributed by atoms with Crippen LogP contribution in [0, 0.1) is 17.3 Å². The average molecular weight is 879 g/mol. The van der Waals surface area contributed by atoms with Crippen LogP contribution in [0.5, 0.6) is 11.6 Å². The van der Waals surface area contributed by atoms with Gasteiger partial charge in [0.2, 0.25) is 27.7 Å². The Kier molecular flexibility index (Phi) is 13.7. The van der Waals surface area contributed by atoms with Crippen LogP contribution in [0.4, 0.5) is 4.79 Å². The maximum absolute atomic E-state index is 14.6. The third-order valence-electron chi connectivity index (χ3n) is 12.5. The fraction of sp³-hybridized carbons (Fsp3) is 0.630. The maximum atomic E-state index is 14.6. The summed E-state index contributed by atoms with van der Waals surface area (Å²) < 4.78 is 40.9. The Labute approximate surface area is 366 Å². The summed E-state index contributed by atoms with van der Waals surface area (Å²) in [6.45, 7) is 17.7. The summed E-state index contributed by atoms with van der Waals surface area (Å²) >= 11 is 0. The number of likely N-dealkylation sites (tertiary alicyclic amines) is 1. The van der Waals surface area contributed by atoms with Crippen LogP contribution in [0.15, 0.2) is 49.1 Å². The van der Waals surface area contributed by atoms with Gasteiger partial charge in [-0.15, -0.1) is 6.58 Å². The number of ether oxygens (including phenoxy) is 2. The highest BCUT2D eigenvalue weighted by Crippen LogP contribution is 2.43. The fourth-order valence-electron chi connectivity index (χ4n) is 8.19. The van der Waals surface area contributed by atoms with E-state index >= 15 is 0 Å². The van der Waals surface area contributed by atoms with E-state index in [1.54, 1.807) is 33.8 Å². The monoisotopic (exact) mass is 878 g/mol. The standard InChI is InChI=1S/C46H66N6O9S/c1-9-30-21-22-46(30,41(55)51-62(58,59)45(8)23-24-45)50-38(53)35-27-31(28-52(35)40(54)37(43(2,3)4)49-42(56)57)61-39-33(17-12-10-11-15-29-19-20-29)36(60-26-25-47-44(5,6)7)32-16-13-14-18-34(32)48-39/h9,13-14,16,18,21-22,29-31,35,37,47,49H,1,10-12,15,17,19-20,23-28H2,2-8H3,(H,50,53)(H,51,55)(H,56,57)/t30?,31?,35?,37-,46-/m1/s1. The van der Waals surface area contributed by atoms with Crippen molar-refractivity contribution in [2.24, 2.45) is 17.3 Å². The van der Waals surface area contributed by atoms with Crippen LogP contribution < -0.4 is 30.1 Å². The van der Waals surface area contributed by atoms with Gasteiger partial charge in [-0.1, -0.05) is 83.2 Å². The number of nitrogens with one attached hydrogen (secondary N) is 4. The predicted octanol–water partition coefficient (Wildman–Crippen LogP) is 5.77. The Morgan fingerprint density at radius 1 is 1.06 bits per heavy atom. The van der Waals surface area contributed by atoms with Crippen LogP contribution in [-0.2, 0) is 30.8 Å². The Bertz CT molecular complexity index is 2170. The molecule has 2 saturated carbocycles. The van der Waals surface area contributed by atoms with Crippen molar-refractivity contribution >= 4 is 44.7 Å². The number of carbonyl (C=O) groups excluding carboxylic acids is 3. The van der Waals surface area contributed by atoms with Crippen molar-refractivity contribution in [2.75, 3.05) is 19.7 Å². The van der Waals surface area contributed by atoms with E-state index in [1.165, 1.54) is 36.3 Å². The number of carboxylic acid groups (broad SMARTS) is 1. The van der Waals surface area contributed by atoms with Crippen LogP contribution in [0.25, 0.3) is 10.9 Å². The number of sulfonamides is 1. The van der Waals surface area contributed by atoms with E-state index in [0.717, 1.165) is 36.1 Å². The number of fused-ring (bicyclic) bond motifs is 1. The second-order valence-corrected chi connectivity index (χ2v) is 22.1. The molecule has 4 amide bonds. The van der Waals surface area contributed by atoms with Crippen LogP contribution in [-0.4, -0.2) is 101 Å². The molecule has 0 spiro atoms. The molecule has 2 heterocycles. The first-order valence-corrected chi connectivity index (χ1v) is 23.5. The molecule has 6 rings (SSSR count). The molecular formula is C46H66N6O9S. The lowest BCUT2D eigenvalue weighted by atomic mass is 9.73. The smallest absolute Gasteiger partial charge is 0.405 e. The number of para-hydroxylation sites is 1. The summed E-state index contributed by atoms with van der Waals surface area (Å²) in [6.07, 6.45) is 10.5. The normalized spacial score (nSPS) is 23.5. The van der Waals surface area contributed by atoms with Crippen LogP contribution in [0.3, 0.4) is 0 Å². The topological polar surface area (TPSA) is 205 Å². The first kappa shape index (κ1) is 46.8. The van der Waals surface area contributed by atoms with Gasteiger partial charge in [-0.05, 0) is 76.8 Å². The predicted molar refractivity (Wildman–Crippen MR) is 237 cm³/mol. The highest BCUT2D eigenvalue weighted by molar-refractivity contribution is 7.91. The molecule has 340 valence electrons. The largest absolute Gasteiger partial charge is 0.491 e. The second-order valence-electron chi connectivity index (χ2n) is 19.9. The molecule has 3 fully saturated rings. The number of amides is 4. The van der Waals surface area contributed by atoms with Crippen molar-refractivity contribution in [3.05, 3.63) is 54.6 Å². The average Bonchev–Trinajstić information content (AvgIpc) is 4.11. The zero-order valence-corrected chi connectivity index (χ0v) is 38.2. The van der Waals surface area contributed by atoms with Gasteiger partial charge < -0.3 is 35.4 Å². The van der Waals surface area contributed by atoms with Gasteiger partial charge in [0, 0.05) is 29.8 Å². The molecule has 4 aliphatic rings. The third-order valence-corrected chi connectivity index (χ3v) is 14.7. The minimum atomic E-state index is -4.08. The number of unbranched alkanes of at least 4 members (excludes halogenated alkanes) is 2. The lowest BCUT2D eigenvalue weighted by Gasteiger charge is -2.42. The summed E-state index contributed by atoms with van der Waals surface area (Å²) in [7, 11) is -4.08. The van der Waals surface area contributed by atoms with Gasteiger partial charge in [-0.3, -0.25) is 19.1 Å². The van der Waals surface area contributed by atoms with Crippen molar-refractivity contribution in [1.29, 1.82) is 0 Å². The zero-order chi connectivity index (χ0) is 45.3. The molecule has 0 bridgehead atoms. The number of hydrogen-bond donors (Lipinski definition) is 5. The Morgan fingerprint density at radius 3 is 2.37 bits per heavy atom. The Balaban J connectivity index is 1.33. The van der Waals surface area contributed by atoms with Gasteiger partial charge in [0.1, 0.15) is 36.1 Å². The number of rotatable bonds is 20. The molecule has 5 N–H and O–H groups in total. The van der Waals surface area contributed by atoms with E-state index in [0.29, 0.717) is 49.6 Å². The SMILES string of the molecule is C=CC1C=C[C@]1(NC(=O)C1CC(Oc2nc3ccccc3c(OCCNC(C)(C)C)c2CCCCCC2CC2)CN1C(=O)[C@@H](NC(=O)O)C(C)(C)C)C(=O)NS(=O)(=O)C1(C)CC1. The van der Waals surface area contributed by atoms with E-state index in [4.69, 9.17) is 14.5 Å². The van der Waals surface area contributed by atoms with Gasteiger partial charge in [0.15, 0.2) is 0 Å². The lowest BCUT2D eigenvalue weighted by Crippen LogP contribution is -2.68. The van der Waals surface area contributed by atoms with Gasteiger partial charge in [-0.25, -0.2) is 18.2 Å². The summed E-state index contributed by atoms with van der Waals surface area (Å²) in [5.74, 6) is -1.28. The van der Waals surface area contributed by atoms with E-state index in [2.05, 4.69) is 48.0 Å². The van der Waals surface area contributed by atoms with E-state index in [9.17, 15) is 32.7 Å². The van der Waals surface area contributed by atoms with Gasteiger partial charge in [0.05, 0.1) is 22.4 Å². The lowest BCUT2D eigenvalue weighted by molar-refractivity contribution is -0.143. The number of pyridine rings is 1. The molecular weight excluding hydrogens is 813 g/mol. The maximum Gasteiger partial charge on any atom is 0.405 e. The van der Waals surface area contributed by atoms with Gasteiger partial charge in [-0.2, -0.15) is 0 Å². The van der Waals surface area contributed by atoms with Crippen LogP contribution in [0.1, 0.15) is 112 Å². The second kappa shape index (κ2) is 18.2. The van der Waals surface area contributed by atoms with Gasteiger partial charge >= 0.3 is 6.09 Å². The van der Waals surface area contributed by atoms with Crippen molar-refractivity contribution in [1.82, 2.24) is 30.6 Å². The number of hydrogen-bond acceptors (Lipinski definition) is 10. The fourth-order valence-corrected chi connectivity index (χ4v) is 9.48. The Morgan fingerprint density at radius 2 is 1.77 bits per heavy atom.